The van der Waals surface area contributed by atoms with E-state index in [4.69, 9.17) is 9.52 Å². The summed E-state index contributed by atoms with van der Waals surface area (Å²) in [6, 6.07) is 1.36. The van der Waals surface area contributed by atoms with E-state index in [2.05, 4.69) is 6.92 Å². The van der Waals surface area contributed by atoms with E-state index in [1.54, 1.807) is 4.90 Å². The molecule has 1 aromatic rings. The Kier molecular flexibility index (Phi) is 4.47. The van der Waals surface area contributed by atoms with E-state index in [0.717, 1.165) is 19.3 Å². The van der Waals surface area contributed by atoms with Gasteiger partial charge in [-0.15, -0.1) is 0 Å². The van der Waals surface area contributed by atoms with Gasteiger partial charge in [-0.1, -0.05) is 20.3 Å². The van der Waals surface area contributed by atoms with Crippen molar-refractivity contribution in [1.82, 2.24) is 4.90 Å². The lowest BCUT2D eigenvalue weighted by molar-refractivity contribution is 0.0689. The van der Waals surface area contributed by atoms with Gasteiger partial charge in [0.1, 0.15) is 11.3 Å². The number of furan rings is 1. The maximum atomic E-state index is 12.4. The van der Waals surface area contributed by atoms with Gasteiger partial charge in [0, 0.05) is 25.6 Å². The zero-order chi connectivity index (χ0) is 14.7. The average molecular weight is 279 g/mol. The van der Waals surface area contributed by atoms with Gasteiger partial charge in [0.25, 0.3) is 5.91 Å². The number of carboxylic acid groups (broad SMARTS) is 1. The van der Waals surface area contributed by atoms with Crippen molar-refractivity contribution < 1.29 is 19.1 Å². The second-order valence-electron chi connectivity index (χ2n) is 5.46. The van der Waals surface area contributed by atoms with Gasteiger partial charge in [-0.2, -0.15) is 0 Å². The maximum Gasteiger partial charge on any atom is 0.339 e. The predicted molar refractivity (Wildman–Crippen MR) is 74.0 cm³/mol. The summed E-state index contributed by atoms with van der Waals surface area (Å²) in [5.41, 5.74) is 0.0960. The topological polar surface area (TPSA) is 70.8 Å². The van der Waals surface area contributed by atoms with Gasteiger partial charge in [-0.05, 0) is 18.8 Å². The lowest BCUT2D eigenvalue weighted by atomic mass is 10.1. The molecule has 0 aliphatic carbocycles. The Morgan fingerprint density at radius 3 is 2.80 bits per heavy atom. The van der Waals surface area contributed by atoms with Gasteiger partial charge in [-0.25, -0.2) is 4.79 Å². The fraction of sp³-hybridized carbons (Fsp3) is 0.600. The number of rotatable bonds is 3. The number of hydrogen-bond acceptors (Lipinski definition) is 3. The van der Waals surface area contributed by atoms with E-state index in [-0.39, 0.29) is 17.2 Å². The molecule has 20 heavy (non-hydrogen) atoms. The first-order valence-electron chi connectivity index (χ1n) is 7.18. The monoisotopic (exact) mass is 279 g/mol. The number of aryl methyl sites for hydroxylation is 1. The number of carbonyl (C=O) groups is 2. The Bertz CT molecular complexity index is 506. The van der Waals surface area contributed by atoms with Crippen LogP contribution >= 0.6 is 0 Å². The molecule has 2 rings (SSSR count). The average Bonchev–Trinajstić information content (AvgIpc) is 2.74. The van der Waals surface area contributed by atoms with Crippen molar-refractivity contribution >= 4 is 11.9 Å². The Balaban J connectivity index is 2.21. The highest BCUT2D eigenvalue weighted by Crippen LogP contribution is 2.21. The first-order chi connectivity index (χ1) is 9.52. The maximum absolute atomic E-state index is 12.4. The minimum Gasteiger partial charge on any atom is -0.478 e. The summed E-state index contributed by atoms with van der Waals surface area (Å²) in [4.78, 5) is 25.3. The highest BCUT2D eigenvalue weighted by molar-refractivity contribution is 5.96. The van der Waals surface area contributed by atoms with Crippen LogP contribution in [0.25, 0.3) is 0 Å². The molecule has 0 radical (unpaired) electrons. The van der Waals surface area contributed by atoms with Crippen LogP contribution in [-0.4, -0.2) is 35.0 Å². The summed E-state index contributed by atoms with van der Waals surface area (Å²) in [5, 5.41) is 9.10. The van der Waals surface area contributed by atoms with Crippen LogP contribution in [0.1, 0.15) is 59.8 Å². The van der Waals surface area contributed by atoms with Crippen molar-refractivity contribution in [1.29, 1.82) is 0 Å². The van der Waals surface area contributed by atoms with Gasteiger partial charge in [0.15, 0.2) is 5.76 Å². The van der Waals surface area contributed by atoms with E-state index >= 15 is 0 Å². The lowest BCUT2D eigenvalue weighted by Crippen LogP contribution is -2.33. The van der Waals surface area contributed by atoms with Gasteiger partial charge in [-0.3, -0.25) is 4.79 Å². The van der Waals surface area contributed by atoms with Crippen LogP contribution in [0.3, 0.4) is 0 Å². The molecule has 1 saturated heterocycles. The van der Waals surface area contributed by atoms with Crippen LogP contribution in [0.15, 0.2) is 10.5 Å². The van der Waals surface area contributed by atoms with Crippen LogP contribution in [0.4, 0.5) is 0 Å². The molecule has 0 aromatic carbocycles. The first-order valence-corrected chi connectivity index (χ1v) is 7.18. The smallest absolute Gasteiger partial charge is 0.339 e. The van der Waals surface area contributed by atoms with Crippen LogP contribution in [0, 0.1) is 5.92 Å². The fourth-order valence-electron chi connectivity index (χ4n) is 2.67. The van der Waals surface area contributed by atoms with Crippen LogP contribution in [0.2, 0.25) is 0 Å². The fourth-order valence-corrected chi connectivity index (χ4v) is 2.67. The summed E-state index contributed by atoms with van der Waals surface area (Å²) in [6.07, 6.45) is 3.71. The molecule has 1 aromatic heterocycles. The van der Waals surface area contributed by atoms with E-state index in [1.165, 1.54) is 6.07 Å². The molecule has 0 bridgehead atoms. The largest absolute Gasteiger partial charge is 0.478 e. The third-order valence-electron chi connectivity index (χ3n) is 3.77. The second kappa shape index (κ2) is 6.11. The minimum atomic E-state index is -1.05. The van der Waals surface area contributed by atoms with Crippen molar-refractivity contribution in [3.8, 4) is 0 Å². The zero-order valence-electron chi connectivity index (χ0n) is 12.0. The van der Waals surface area contributed by atoms with Crippen molar-refractivity contribution in [2.45, 2.75) is 39.5 Å². The van der Waals surface area contributed by atoms with Crippen molar-refractivity contribution in [3.05, 3.63) is 23.2 Å². The number of nitrogens with zero attached hydrogens (tertiary/aromatic N) is 1. The van der Waals surface area contributed by atoms with E-state index in [0.29, 0.717) is 31.2 Å². The standard InChI is InChI=1S/C15H21NO4/c1-3-12-11(15(18)19)8-13(20-12)14(17)16-7-5-4-6-10(2)9-16/h8,10H,3-7,9H2,1-2H3,(H,18,19). The number of aromatic carboxylic acids is 1. The number of likely N-dealkylation sites (tertiary alicyclic amines) is 1. The summed E-state index contributed by atoms with van der Waals surface area (Å²) in [7, 11) is 0. The van der Waals surface area contributed by atoms with Crippen molar-refractivity contribution in [2.75, 3.05) is 13.1 Å². The molecule has 1 N–H and O–H groups in total. The normalized spacial score (nSPS) is 19.7. The van der Waals surface area contributed by atoms with Crippen LogP contribution in [0.5, 0.6) is 0 Å². The Morgan fingerprint density at radius 1 is 1.45 bits per heavy atom. The number of amides is 1. The van der Waals surface area contributed by atoms with Crippen LogP contribution in [-0.2, 0) is 6.42 Å². The number of carbonyl (C=O) groups excluding carboxylic acids is 1. The van der Waals surface area contributed by atoms with Gasteiger partial charge in [0.2, 0.25) is 0 Å². The molecule has 1 unspecified atom stereocenters. The van der Waals surface area contributed by atoms with E-state index < -0.39 is 5.97 Å². The van der Waals surface area contributed by atoms with Crippen LogP contribution < -0.4 is 0 Å². The molecule has 0 saturated carbocycles. The Labute approximate surface area is 118 Å². The Morgan fingerprint density at radius 2 is 2.20 bits per heavy atom. The molecule has 1 aliphatic rings. The van der Waals surface area contributed by atoms with Gasteiger partial charge < -0.3 is 14.4 Å². The quantitative estimate of drug-likeness (QED) is 0.923. The molecule has 5 heteroatoms. The first kappa shape index (κ1) is 14.6. The molecule has 2 heterocycles. The lowest BCUT2D eigenvalue weighted by Gasteiger charge is -2.21. The van der Waals surface area contributed by atoms with Gasteiger partial charge >= 0.3 is 5.97 Å². The SMILES string of the molecule is CCc1oc(C(=O)N2CCCCC(C)C2)cc1C(=O)O. The molecule has 1 aliphatic heterocycles. The molecular formula is C15H21NO4. The second-order valence-corrected chi connectivity index (χ2v) is 5.46. The van der Waals surface area contributed by atoms with Crippen molar-refractivity contribution in [2.24, 2.45) is 5.92 Å². The third kappa shape index (κ3) is 3.03. The molecule has 5 nitrogen and oxygen atoms in total. The molecule has 110 valence electrons. The zero-order valence-corrected chi connectivity index (χ0v) is 12.0. The molecular weight excluding hydrogens is 258 g/mol. The molecule has 1 fully saturated rings. The number of carboxylic acids is 1. The third-order valence-corrected chi connectivity index (χ3v) is 3.77. The molecule has 1 atom stereocenters. The summed E-state index contributed by atoms with van der Waals surface area (Å²) < 4.78 is 5.44. The summed E-state index contributed by atoms with van der Waals surface area (Å²) in [6.45, 7) is 5.37. The van der Waals surface area contributed by atoms with E-state index in [9.17, 15) is 9.59 Å². The molecule has 0 spiro atoms. The Hall–Kier alpha value is -1.78. The highest BCUT2D eigenvalue weighted by atomic mass is 16.4. The highest BCUT2D eigenvalue weighted by Gasteiger charge is 2.26. The summed E-state index contributed by atoms with van der Waals surface area (Å²) in [5.74, 6) is -0.257. The summed E-state index contributed by atoms with van der Waals surface area (Å²) >= 11 is 0. The van der Waals surface area contributed by atoms with E-state index in [1.807, 2.05) is 6.92 Å². The molecule has 1 amide bonds. The van der Waals surface area contributed by atoms with Gasteiger partial charge in [0.05, 0.1) is 0 Å². The minimum absolute atomic E-state index is 0.0960. The predicted octanol–water partition coefficient (Wildman–Crippen LogP) is 2.80. The van der Waals surface area contributed by atoms with Crippen molar-refractivity contribution in [3.63, 3.8) is 0 Å². The number of hydrogen-bond donors (Lipinski definition) is 1.